The van der Waals surface area contributed by atoms with Crippen molar-refractivity contribution < 1.29 is 9.47 Å². The number of aromatic nitrogens is 1. The van der Waals surface area contributed by atoms with Gasteiger partial charge in [-0.05, 0) is 31.5 Å². The highest BCUT2D eigenvalue weighted by Gasteiger charge is 2.14. The van der Waals surface area contributed by atoms with Gasteiger partial charge >= 0.3 is 0 Å². The maximum atomic E-state index is 5.38. The average Bonchev–Trinajstić information content (AvgIpc) is 2.39. The topological polar surface area (TPSA) is 46.6 Å². The monoisotopic (exact) mass is 265 g/mol. The van der Waals surface area contributed by atoms with Gasteiger partial charge in [0.25, 0.3) is 0 Å². The van der Waals surface area contributed by atoms with Crippen LogP contribution in [0, 0.1) is 6.92 Å². The first-order valence-corrected chi connectivity index (χ1v) is 6.76. The molecule has 0 amide bonds. The molecule has 2 rings (SSSR count). The summed E-state index contributed by atoms with van der Waals surface area (Å²) < 4.78 is 10.5. The molecule has 1 atom stereocenters. The van der Waals surface area contributed by atoms with Crippen LogP contribution in [0.15, 0.2) is 12.1 Å². The average molecular weight is 265 g/mol. The second kappa shape index (κ2) is 6.73. The molecule has 1 aliphatic rings. The van der Waals surface area contributed by atoms with Gasteiger partial charge in [-0.15, -0.1) is 0 Å². The third kappa shape index (κ3) is 4.08. The van der Waals surface area contributed by atoms with Crippen LogP contribution < -0.4 is 10.2 Å². The van der Waals surface area contributed by atoms with Crippen LogP contribution in [0.25, 0.3) is 0 Å². The zero-order valence-corrected chi connectivity index (χ0v) is 12.0. The van der Waals surface area contributed by atoms with Crippen LogP contribution in [0.2, 0.25) is 0 Å². The summed E-state index contributed by atoms with van der Waals surface area (Å²) in [5.74, 6) is 1.93. The molecule has 2 heterocycles. The Labute approximate surface area is 114 Å². The summed E-state index contributed by atoms with van der Waals surface area (Å²) in [7, 11) is 1.71. The minimum Gasteiger partial charge on any atom is -0.383 e. The highest BCUT2D eigenvalue weighted by Crippen LogP contribution is 2.19. The number of ether oxygens (including phenoxy) is 2. The van der Waals surface area contributed by atoms with Gasteiger partial charge in [0.2, 0.25) is 0 Å². The number of anilines is 2. The molecule has 1 aliphatic heterocycles. The first kappa shape index (κ1) is 14.1. The third-order valence-corrected chi connectivity index (χ3v) is 3.10. The van der Waals surface area contributed by atoms with Crippen LogP contribution in [-0.2, 0) is 9.47 Å². The van der Waals surface area contributed by atoms with Crippen molar-refractivity contribution >= 4 is 11.6 Å². The quantitative estimate of drug-likeness (QED) is 0.877. The fourth-order valence-electron chi connectivity index (χ4n) is 2.22. The van der Waals surface area contributed by atoms with Crippen molar-refractivity contribution in [3.8, 4) is 0 Å². The highest BCUT2D eigenvalue weighted by atomic mass is 16.5. The number of morpholine rings is 1. The lowest BCUT2D eigenvalue weighted by Crippen LogP contribution is -2.37. The van der Waals surface area contributed by atoms with Crippen molar-refractivity contribution in [1.82, 2.24) is 4.98 Å². The molecule has 0 spiro atoms. The van der Waals surface area contributed by atoms with Gasteiger partial charge in [-0.25, -0.2) is 4.98 Å². The van der Waals surface area contributed by atoms with Crippen molar-refractivity contribution in [1.29, 1.82) is 0 Å². The minimum absolute atomic E-state index is 0.247. The number of methoxy groups -OCH3 is 1. The van der Waals surface area contributed by atoms with E-state index in [2.05, 4.69) is 41.2 Å². The van der Waals surface area contributed by atoms with E-state index < -0.39 is 0 Å². The zero-order valence-electron chi connectivity index (χ0n) is 12.0. The molecule has 0 bridgehead atoms. The first-order valence-electron chi connectivity index (χ1n) is 6.76. The fourth-order valence-corrected chi connectivity index (χ4v) is 2.22. The van der Waals surface area contributed by atoms with Crippen LogP contribution in [0.4, 0.5) is 11.6 Å². The lowest BCUT2D eigenvalue weighted by Gasteiger charge is -2.28. The largest absolute Gasteiger partial charge is 0.383 e. The van der Waals surface area contributed by atoms with E-state index >= 15 is 0 Å². The molecule has 19 heavy (non-hydrogen) atoms. The maximum absolute atomic E-state index is 5.38. The van der Waals surface area contributed by atoms with E-state index in [0.29, 0.717) is 6.61 Å². The normalized spacial score (nSPS) is 17.3. The number of nitrogens with zero attached hydrogens (tertiary/aromatic N) is 2. The van der Waals surface area contributed by atoms with Gasteiger partial charge in [0, 0.05) is 26.2 Å². The Morgan fingerprint density at radius 3 is 2.84 bits per heavy atom. The fraction of sp³-hybridized carbons (Fsp3) is 0.643. The Balaban J connectivity index is 2.09. The molecule has 0 saturated carbocycles. The predicted octanol–water partition coefficient (Wildman–Crippen LogP) is 1.67. The number of hydrogen-bond donors (Lipinski definition) is 1. The Morgan fingerprint density at radius 1 is 1.42 bits per heavy atom. The Kier molecular flexibility index (Phi) is 4.99. The van der Waals surface area contributed by atoms with Gasteiger partial charge < -0.3 is 19.7 Å². The van der Waals surface area contributed by atoms with Gasteiger partial charge in [0.15, 0.2) is 0 Å². The second-order valence-corrected chi connectivity index (χ2v) is 4.99. The van der Waals surface area contributed by atoms with Gasteiger partial charge in [-0.3, -0.25) is 0 Å². The van der Waals surface area contributed by atoms with Gasteiger partial charge in [0.1, 0.15) is 11.6 Å². The van der Waals surface area contributed by atoms with E-state index in [4.69, 9.17) is 9.47 Å². The van der Waals surface area contributed by atoms with E-state index in [0.717, 1.165) is 37.9 Å². The van der Waals surface area contributed by atoms with Crippen LogP contribution in [0.3, 0.4) is 0 Å². The van der Waals surface area contributed by atoms with E-state index in [9.17, 15) is 0 Å². The Bertz CT molecular complexity index is 406. The Morgan fingerprint density at radius 2 is 2.16 bits per heavy atom. The van der Waals surface area contributed by atoms with Gasteiger partial charge in [-0.2, -0.15) is 0 Å². The molecule has 0 radical (unpaired) electrons. The standard InChI is InChI=1S/C14H23N3O2/c1-11-8-13(15-12(2)10-18-3)16-14(9-11)17-4-6-19-7-5-17/h8-9,12H,4-7,10H2,1-3H3,(H,15,16)/t12-/m1/s1. The van der Waals surface area contributed by atoms with Gasteiger partial charge in [0.05, 0.1) is 19.8 Å². The SMILES string of the molecule is COC[C@@H](C)Nc1cc(C)cc(N2CCOCC2)n1. The molecule has 0 aromatic carbocycles. The summed E-state index contributed by atoms with van der Waals surface area (Å²) in [6.07, 6.45) is 0. The van der Waals surface area contributed by atoms with E-state index in [1.807, 2.05) is 0 Å². The van der Waals surface area contributed by atoms with Crippen molar-refractivity contribution in [2.24, 2.45) is 0 Å². The molecule has 0 aliphatic carbocycles. The smallest absolute Gasteiger partial charge is 0.131 e. The molecule has 106 valence electrons. The minimum atomic E-state index is 0.247. The molecule has 0 unspecified atom stereocenters. The van der Waals surface area contributed by atoms with E-state index in [-0.39, 0.29) is 6.04 Å². The zero-order chi connectivity index (χ0) is 13.7. The summed E-state index contributed by atoms with van der Waals surface area (Å²) in [5.41, 5.74) is 1.21. The highest BCUT2D eigenvalue weighted by molar-refractivity contribution is 5.50. The van der Waals surface area contributed by atoms with Crippen LogP contribution in [0.1, 0.15) is 12.5 Å². The molecule has 1 N–H and O–H groups in total. The predicted molar refractivity (Wildman–Crippen MR) is 77.0 cm³/mol. The van der Waals surface area contributed by atoms with Crippen molar-refractivity contribution in [2.75, 3.05) is 50.2 Å². The van der Waals surface area contributed by atoms with Gasteiger partial charge in [-0.1, -0.05) is 0 Å². The molecule has 1 fully saturated rings. The Hall–Kier alpha value is -1.33. The summed E-state index contributed by atoms with van der Waals surface area (Å²) in [6, 6.07) is 4.44. The molecule has 1 aromatic rings. The number of hydrogen-bond acceptors (Lipinski definition) is 5. The number of nitrogens with one attached hydrogen (secondary N) is 1. The lowest BCUT2D eigenvalue weighted by molar-refractivity contribution is 0.122. The third-order valence-electron chi connectivity index (χ3n) is 3.10. The summed E-state index contributed by atoms with van der Waals surface area (Å²) >= 11 is 0. The number of pyridine rings is 1. The number of rotatable bonds is 5. The molecular weight excluding hydrogens is 242 g/mol. The van der Waals surface area contributed by atoms with Crippen molar-refractivity contribution in [3.63, 3.8) is 0 Å². The summed E-state index contributed by atoms with van der Waals surface area (Å²) in [6.45, 7) is 8.21. The molecule has 5 heteroatoms. The first-order chi connectivity index (χ1) is 9.19. The molecule has 1 saturated heterocycles. The summed E-state index contributed by atoms with van der Waals surface area (Å²) in [4.78, 5) is 6.95. The van der Waals surface area contributed by atoms with Crippen molar-refractivity contribution in [2.45, 2.75) is 19.9 Å². The number of aryl methyl sites for hydroxylation is 1. The van der Waals surface area contributed by atoms with Crippen LogP contribution in [0.5, 0.6) is 0 Å². The van der Waals surface area contributed by atoms with E-state index in [1.165, 1.54) is 5.56 Å². The second-order valence-electron chi connectivity index (χ2n) is 4.99. The van der Waals surface area contributed by atoms with Crippen molar-refractivity contribution in [3.05, 3.63) is 17.7 Å². The maximum Gasteiger partial charge on any atom is 0.131 e. The molecular formula is C14H23N3O2. The van der Waals surface area contributed by atoms with Crippen LogP contribution >= 0.6 is 0 Å². The summed E-state index contributed by atoms with van der Waals surface area (Å²) in [5, 5.41) is 3.37. The molecule has 1 aromatic heterocycles. The lowest BCUT2D eigenvalue weighted by atomic mass is 10.2. The van der Waals surface area contributed by atoms with Crippen LogP contribution in [-0.4, -0.2) is 51.0 Å². The van der Waals surface area contributed by atoms with E-state index in [1.54, 1.807) is 7.11 Å². The molecule has 5 nitrogen and oxygen atoms in total.